The number of aromatic nitrogens is 2. The molecule has 1 aromatic heterocycles. The number of hydrogen-bond acceptors (Lipinski definition) is 4. The first-order valence-corrected chi connectivity index (χ1v) is 6.28. The summed E-state index contributed by atoms with van der Waals surface area (Å²) < 4.78 is 0. The first-order chi connectivity index (χ1) is 9.52. The molecule has 20 heavy (non-hydrogen) atoms. The highest BCUT2D eigenvalue weighted by molar-refractivity contribution is 6.06. The monoisotopic (exact) mass is 272 g/mol. The molecule has 0 unspecified atom stereocenters. The standard InChI is InChI=1S/C14H16N4O2/c1-3-11-12(15)13(18-17-11)14(20)16-10-6-4-9(5-7-10)8(2)19/h4-7H,3,15H2,1-2H3,(H,16,20)(H,17,18). The van der Waals surface area contributed by atoms with Crippen molar-refractivity contribution in [3.05, 3.63) is 41.2 Å². The number of ketones is 1. The number of hydrogen-bond donors (Lipinski definition) is 3. The van der Waals surface area contributed by atoms with Crippen LogP contribution < -0.4 is 11.1 Å². The molecule has 0 saturated heterocycles. The maximum absolute atomic E-state index is 12.0. The minimum absolute atomic E-state index is 0.0213. The van der Waals surface area contributed by atoms with Crippen LogP contribution in [-0.2, 0) is 6.42 Å². The first-order valence-electron chi connectivity index (χ1n) is 6.28. The average Bonchev–Trinajstić information content (AvgIpc) is 2.80. The number of nitrogens with one attached hydrogen (secondary N) is 2. The van der Waals surface area contributed by atoms with E-state index in [1.165, 1.54) is 6.92 Å². The summed E-state index contributed by atoms with van der Waals surface area (Å²) in [4.78, 5) is 23.2. The van der Waals surface area contributed by atoms with Gasteiger partial charge in [0.2, 0.25) is 0 Å². The molecule has 0 aliphatic heterocycles. The summed E-state index contributed by atoms with van der Waals surface area (Å²) in [6, 6.07) is 6.64. The summed E-state index contributed by atoms with van der Waals surface area (Å²) in [6.07, 6.45) is 0.680. The molecule has 2 aromatic rings. The average molecular weight is 272 g/mol. The minimum Gasteiger partial charge on any atom is -0.395 e. The fourth-order valence-electron chi connectivity index (χ4n) is 1.81. The van der Waals surface area contributed by atoms with Crippen molar-refractivity contribution in [2.75, 3.05) is 11.1 Å². The van der Waals surface area contributed by atoms with Crippen LogP contribution in [0.1, 0.15) is 40.4 Å². The predicted octanol–water partition coefficient (Wildman–Crippen LogP) is 2.01. The van der Waals surface area contributed by atoms with E-state index in [9.17, 15) is 9.59 Å². The van der Waals surface area contributed by atoms with Crippen LogP contribution in [0, 0.1) is 0 Å². The maximum atomic E-state index is 12.0. The quantitative estimate of drug-likeness (QED) is 0.741. The summed E-state index contributed by atoms with van der Waals surface area (Å²) in [5.41, 5.74) is 8.29. The number of Topliss-reactive ketones (excluding diaryl/α,β-unsaturated/α-hetero) is 1. The Balaban J connectivity index is 2.14. The summed E-state index contributed by atoms with van der Waals surface area (Å²) in [7, 11) is 0. The number of nitrogen functional groups attached to an aromatic ring is 1. The third-order valence-corrected chi connectivity index (χ3v) is 3.00. The van der Waals surface area contributed by atoms with Gasteiger partial charge in [0.05, 0.1) is 11.4 Å². The molecule has 1 amide bonds. The van der Waals surface area contributed by atoms with Crippen molar-refractivity contribution >= 4 is 23.1 Å². The molecule has 0 spiro atoms. The fourth-order valence-corrected chi connectivity index (χ4v) is 1.81. The number of anilines is 2. The molecule has 0 aliphatic rings. The van der Waals surface area contributed by atoms with E-state index in [1.54, 1.807) is 24.3 Å². The van der Waals surface area contributed by atoms with Gasteiger partial charge in [-0.2, -0.15) is 5.10 Å². The minimum atomic E-state index is -0.381. The van der Waals surface area contributed by atoms with Gasteiger partial charge in [0.15, 0.2) is 11.5 Å². The number of nitrogens with two attached hydrogens (primary N) is 1. The fraction of sp³-hybridized carbons (Fsp3) is 0.214. The lowest BCUT2D eigenvalue weighted by molar-refractivity contribution is 0.101. The molecule has 0 bridgehead atoms. The zero-order chi connectivity index (χ0) is 14.7. The van der Waals surface area contributed by atoms with Crippen LogP contribution in [0.5, 0.6) is 0 Å². The molecular weight excluding hydrogens is 256 g/mol. The van der Waals surface area contributed by atoms with Gasteiger partial charge in [-0.25, -0.2) is 0 Å². The van der Waals surface area contributed by atoms with E-state index < -0.39 is 0 Å². The first kappa shape index (κ1) is 13.8. The van der Waals surface area contributed by atoms with E-state index in [1.807, 2.05) is 6.92 Å². The molecule has 6 nitrogen and oxygen atoms in total. The number of carbonyl (C=O) groups is 2. The molecule has 0 fully saturated rings. The van der Waals surface area contributed by atoms with Gasteiger partial charge in [-0.15, -0.1) is 0 Å². The van der Waals surface area contributed by atoms with Crippen molar-refractivity contribution in [1.82, 2.24) is 10.2 Å². The van der Waals surface area contributed by atoms with Crippen LogP contribution in [-0.4, -0.2) is 21.9 Å². The van der Waals surface area contributed by atoms with Crippen LogP contribution in [0.15, 0.2) is 24.3 Å². The Morgan fingerprint density at radius 2 is 1.95 bits per heavy atom. The van der Waals surface area contributed by atoms with E-state index in [0.29, 0.717) is 23.4 Å². The summed E-state index contributed by atoms with van der Waals surface area (Å²) in [5, 5.41) is 9.34. The van der Waals surface area contributed by atoms with Gasteiger partial charge in [-0.3, -0.25) is 14.7 Å². The summed E-state index contributed by atoms with van der Waals surface area (Å²) in [5.74, 6) is -0.402. The number of nitrogens with zero attached hydrogens (tertiary/aromatic N) is 1. The number of carbonyl (C=O) groups excluding carboxylic acids is 2. The molecule has 1 heterocycles. The van der Waals surface area contributed by atoms with E-state index in [4.69, 9.17) is 5.73 Å². The molecule has 0 aliphatic carbocycles. The number of rotatable bonds is 4. The third-order valence-electron chi connectivity index (χ3n) is 3.00. The smallest absolute Gasteiger partial charge is 0.278 e. The summed E-state index contributed by atoms with van der Waals surface area (Å²) in [6.45, 7) is 3.41. The number of aromatic amines is 1. The maximum Gasteiger partial charge on any atom is 0.278 e. The topological polar surface area (TPSA) is 101 Å². The van der Waals surface area contributed by atoms with Crippen molar-refractivity contribution in [3.8, 4) is 0 Å². The highest BCUT2D eigenvalue weighted by Gasteiger charge is 2.16. The lowest BCUT2D eigenvalue weighted by Gasteiger charge is -2.04. The molecule has 4 N–H and O–H groups in total. The second kappa shape index (κ2) is 5.56. The lowest BCUT2D eigenvalue weighted by atomic mass is 10.1. The van der Waals surface area contributed by atoms with Crippen molar-refractivity contribution in [1.29, 1.82) is 0 Å². The van der Waals surface area contributed by atoms with Crippen LogP contribution in [0.25, 0.3) is 0 Å². The van der Waals surface area contributed by atoms with Crippen molar-refractivity contribution < 1.29 is 9.59 Å². The molecular formula is C14H16N4O2. The zero-order valence-electron chi connectivity index (χ0n) is 11.4. The molecule has 6 heteroatoms. The Kier molecular flexibility index (Phi) is 3.84. The van der Waals surface area contributed by atoms with Gasteiger partial charge in [-0.05, 0) is 37.6 Å². The lowest BCUT2D eigenvalue weighted by Crippen LogP contribution is -2.14. The van der Waals surface area contributed by atoms with Gasteiger partial charge in [0.25, 0.3) is 5.91 Å². The molecule has 1 aromatic carbocycles. The van der Waals surface area contributed by atoms with Crippen LogP contribution in [0.2, 0.25) is 0 Å². The number of aryl methyl sites for hydroxylation is 1. The van der Waals surface area contributed by atoms with Crippen molar-refractivity contribution in [3.63, 3.8) is 0 Å². The van der Waals surface area contributed by atoms with Gasteiger partial charge in [0.1, 0.15) is 0 Å². The van der Waals surface area contributed by atoms with E-state index >= 15 is 0 Å². The molecule has 104 valence electrons. The van der Waals surface area contributed by atoms with Gasteiger partial charge in [-0.1, -0.05) is 6.92 Å². The molecule has 2 rings (SSSR count). The Morgan fingerprint density at radius 1 is 1.30 bits per heavy atom. The van der Waals surface area contributed by atoms with Gasteiger partial charge in [0, 0.05) is 11.3 Å². The van der Waals surface area contributed by atoms with E-state index in [0.717, 1.165) is 5.69 Å². The van der Waals surface area contributed by atoms with E-state index in [2.05, 4.69) is 15.5 Å². The molecule has 0 atom stereocenters. The van der Waals surface area contributed by atoms with Gasteiger partial charge < -0.3 is 11.1 Å². The molecule has 0 saturated carbocycles. The highest BCUT2D eigenvalue weighted by Crippen LogP contribution is 2.17. The second-order valence-corrected chi connectivity index (χ2v) is 4.41. The Hall–Kier alpha value is -2.63. The SMILES string of the molecule is CCc1[nH]nc(C(=O)Nc2ccc(C(C)=O)cc2)c1N. The van der Waals surface area contributed by atoms with Crippen LogP contribution in [0.3, 0.4) is 0 Å². The number of amides is 1. The van der Waals surface area contributed by atoms with Crippen LogP contribution in [0.4, 0.5) is 11.4 Å². The Bertz CT molecular complexity index is 644. The normalized spacial score (nSPS) is 10.3. The zero-order valence-corrected chi connectivity index (χ0v) is 11.4. The van der Waals surface area contributed by atoms with E-state index in [-0.39, 0.29) is 17.4 Å². The van der Waals surface area contributed by atoms with Crippen LogP contribution >= 0.6 is 0 Å². The highest BCUT2D eigenvalue weighted by atomic mass is 16.2. The van der Waals surface area contributed by atoms with Crippen molar-refractivity contribution in [2.45, 2.75) is 20.3 Å². The Morgan fingerprint density at radius 3 is 2.45 bits per heavy atom. The largest absolute Gasteiger partial charge is 0.395 e. The van der Waals surface area contributed by atoms with Gasteiger partial charge >= 0.3 is 0 Å². The van der Waals surface area contributed by atoms with Crippen molar-refractivity contribution in [2.24, 2.45) is 0 Å². The predicted molar refractivity (Wildman–Crippen MR) is 76.8 cm³/mol. The number of benzene rings is 1. The molecule has 0 radical (unpaired) electrons. The third kappa shape index (κ3) is 2.69. The summed E-state index contributed by atoms with van der Waals surface area (Å²) >= 11 is 0. The second-order valence-electron chi connectivity index (χ2n) is 4.41. The Labute approximate surface area is 116 Å². The number of H-pyrrole nitrogens is 1.